The predicted molar refractivity (Wildman–Crippen MR) is 101 cm³/mol. The zero-order chi connectivity index (χ0) is 16.5. The van der Waals surface area contributed by atoms with E-state index in [1.807, 2.05) is 49.9 Å². The minimum atomic E-state index is 0.630. The first-order valence-corrected chi connectivity index (χ1v) is 9.09. The molecule has 0 aliphatic heterocycles. The number of aromatic nitrogens is 2. The van der Waals surface area contributed by atoms with Crippen molar-refractivity contribution in [2.75, 3.05) is 24.2 Å². The van der Waals surface area contributed by atoms with Crippen LogP contribution in [0.25, 0.3) is 0 Å². The molecule has 3 N–H and O–H groups in total. The van der Waals surface area contributed by atoms with Gasteiger partial charge >= 0.3 is 0 Å². The number of hydrogen-bond acceptors (Lipinski definition) is 4. The highest BCUT2D eigenvalue weighted by Gasteiger charge is 2.01. The Morgan fingerprint density at radius 1 is 1.35 bits per heavy atom. The van der Waals surface area contributed by atoms with Crippen molar-refractivity contribution in [1.82, 2.24) is 15.3 Å². The first-order chi connectivity index (χ1) is 11.2. The van der Waals surface area contributed by atoms with Gasteiger partial charge in [0.25, 0.3) is 0 Å². The van der Waals surface area contributed by atoms with E-state index >= 15 is 0 Å². The number of thioether (sulfide) groups is 1. The van der Waals surface area contributed by atoms with Gasteiger partial charge in [0.15, 0.2) is 5.11 Å². The number of imidazole rings is 1. The van der Waals surface area contributed by atoms with Crippen molar-refractivity contribution in [3.8, 4) is 5.75 Å². The van der Waals surface area contributed by atoms with Crippen molar-refractivity contribution in [3.05, 3.63) is 42.0 Å². The maximum Gasteiger partial charge on any atom is 0.170 e. The number of thiocarbonyl (C=S) groups is 1. The minimum Gasteiger partial charge on any atom is -0.494 e. The summed E-state index contributed by atoms with van der Waals surface area (Å²) in [5.74, 6) is 2.75. The molecule has 1 aromatic heterocycles. The fraction of sp³-hybridized carbons (Fsp3) is 0.375. The summed E-state index contributed by atoms with van der Waals surface area (Å²) in [4.78, 5) is 7.37. The average Bonchev–Trinajstić information content (AvgIpc) is 2.94. The Hall–Kier alpha value is -1.73. The van der Waals surface area contributed by atoms with Crippen LogP contribution in [0.15, 0.2) is 30.6 Å². The number of anilines is 1. The molecule has 1 aromatic carbocycles. The van der Waals surface area contributed by atoms with Crippen LogP contribution >= 0.6 is 24.0 Å². The van der Waals surface area contributed by atoms with Crippen molar-refractivity contribution in [2.24, 2.45) is 0 Å². The number of hydrogen-bond donors (Lipinski definition) is 3. The van der Waals surface area contributed by atoms with Crippen molar-refractivity contribution in [1.29, 1.82) is 0 Å². The van der Waals surface area contributed by atoms with E-state index in [-0.39, 0.29) is 0 Å². The lowest BCUT2D eigenvalue weighted by molar-refractivity contribution is 0.340. The number of ether oxygens (including phenoxy) is 1. The molecule has 0 unspecified atom stereocenters. The highest BCUT2D eigenvalue weighted by Crippen LogP contribution is 2.15. The maximum atomic E-state index is 5.41. The van der Waals surface area contributed by atoms with Crippen LogP contribution < -0.4 is 15.4 Å². The second-order valence-electron chi connectivity index (χ2n) is 4.87. The summed E-state index contributed by atoms with van der Waals surface area (Å²) in [6, 6.07) is 7.76. The molecule has 0 saturated carbocycles. The highest BCUT2D eigenvalue weighted by molar-refractivity contribution is 7.98. The van der Waals surface area contributed by atoms with Gasteiger partial charge in [-0.05, 0) is 50.3 Å². The highest BCUT2D eigenvalue weighted by atomic mass is 32.2. The molecule has 2 aromatic rings. The summed E-state index contributed by atoms with van der Waals surface area (Å²) >= 11 is 7.12. The monoisotopic (exact) mass is 350 g/mol. The molecule has 0 amide bonds. The van der Waals surface area contributed by atoms with Gasteiger partial charge in [-0.25, -0.2) is 4.98 Å². The fourth-order valence-electron chi connectivity index (χ4n) is 1.91. The molecular formula is C16H22N4OS2. The van der Waals surface area contributed by atoms with E-state index in [0.29, 0.717) is 11.7 Å². The molecule has 1 heterocycles. The summed E-state index contributed by atoms with van der Waals surface area (Å²) in [6.07, 6.45) is 1.74. The minimum absolute atomic E-state index is 0.630. The van der Waals surface area contributed by atoms with Crippen molar-refractivity contribution in [3.63, 3.8) is 0 Å². The summed E-state index contributed by atoms with van der Waals surface area (Å²) in [7, 11) is 0. The quantitative estimate of drug-likeness (QED) is 0.501. The van der Waals surface area contributed by atoms with E-state index in [1.165, 1.54) is 0 Å². The molecule has 0 saturated heterocycles. The molecule has 0 aliphatic rings. The Morgan fingerprint density at radius 2 is 2.13 bits per heavy atom. The standard InChI is InChI=1S/C16H22N4OS2/c1-3-21-14-6-4-13(5-7-14)20-16(22)17-8-9-23-10-15-12(2)18-11-19-15/h4-7,11H,3,8-10H2,1-2H3,(H,18,19)(H2,17,20,22). The van der Waals surface area contributed by atoms with Gasteiger partial charge in [-0.15, -0.1) is 0 Å². The van der Waals surface area contributed by atoms with Crippen LogP contribution in [0.4, 0.5) is 5.69 Å². The lowest BCUT2D eigenvalue weighted by Gasteiger charge is -2.11. The van der Waals surface area contributed by atoms with Crippen LogP contribution in [0, 0.1) is 6.92 Å². The van der Waals surface area contributed by atoms with E-state index in [2.05, 4.69) is 20.6 Å². The molecule has 124 valence electrons. The summed E-state index contributed by atoms with van der Waals surface area (Å²) in [6.45, 7) is 5.49. The van der Waals surface area contributed by atoms with Crippen LogP contribution in [-0.4, -0.2) is 34.0 Å². The van der Waals surface area contributed by atoms with E-state index < -0.39 is 0 Å². The van der Waals surface area contributed by atoms with Crippen LogP contribution in [0.1, 0.15) is 18.3 Å². The van der Waals surface area contributed by atoms with Crippen LogP contribution in [0.2, 0.25) is 0 Å². The Balaban J connectivity index is 1.62. The maximum absolute atomic E-state index is 5.41. The van der Waals surface area contributed by atoms with E-state index in [9.17, 15) is 0 Å². The molecule has 0 aliphatic carbocycles. The van der Waals surface area contributed by atoms with Gasteiger partial charge in [0, 0.05) is 29.4 Å². The Bertz CT molecular complexity index is 613. The van der Waals surface area contributed by atoms with Gasteiger partial charge in [0.05, 0.1) is 18.6 Å². The SMILES string of the molecule is CCOc1ccc(NC(=S)NCCSCc2nc[nH]c2C)cc1. The van der Waals surface area contributed by atoms with Gasteiger partial charge in [0.2, 0.25) is 0 Å². The molecule has 0 spiro atoms. The van der Waals surface area contributed by atoms with Gasteiger partial charge < -0.3 is 20.4 Å². The van der Waals surface area contributed by atoms with Crippen LogP contribution in [-0.2, 0) is 5.75 Å². The number of benzene rings is 1. The number of nitrogens with zero attached hydrogens (tertiary/aromatic N) is 1. The van der Waals surface area contributed by atoms with Gasteiger partial charge in [-0.2, -0.15) is 11.8 Å². The van der Waals surface area contributed by atoms with Crippen molar-refractivity contribution < 1.29 is 4.74 Å². The first kappa shape index (κ1) is 17.6. The zero-order valence-electron chi connectivity index (χ0n) is 13.4. The summed E-state index contributed by atoms with van der Waals surface area (Å²) in [5.41, 5.74) is 3.20. The van der Waals surface area contributed by atoms with Crippen molar-refractivity contribution >= 4 is 34.8 Å². The van der Waals surface area contributed by atoms with Crippen LogP contribution in [0.3, 0.4) is 0 Å². The number of rotatable bonds is 8. The molecule has 0 fully saturated rings. The largest absolute Gasteiger partial charge is 0.494 e. The van der Waals surface area contributed by atoms with E-state index in [4.69, 9.17) is 17.0 Å². The summed E-state index contributed by atoms with van der Waals surface area (Å²) in [5, 5.41) is 7.00. The van der Waals surface area contributed by atoms with Gasteiger partial charge in [-0.1, -0.05) is 0 Å². The van der Waals surface area contributed by atoms with Crippen LogP contribution in [0.5, 0.6) is 5.75 Å². The lowest BCUT2D eigenvalue weighted by atomic mass is 10.3. The molecule has 23 heavy (non-hydrogen) atoms. The second-order valence-corrected chi connectivity index (χ2v) is 6.38. The molecule has 2 rings (SSSR count). The normalized spacial score (nSPS) is 10.3. The van der Waals surface area contributed by atoms with E-state index in [1.54, 1.807) is 6.33 Å². The van der Waals surface area contributed by atoms with E-state index in [0.717, 1.165) is 40.9 Å². The molecule has 0 radical (unpaired) electrons. The predicted octanol–water partition coefficient (Wildman–Crippen LogP) is 3.34. The molecule has 0 atom stereocenters. The summed E-state index contributed by atoms with van der Waals surface area (Å²) < 4.78 is 5.41. The number of nitrogens with one attached hydrogen (secondary N) is 3. The zero-order valence-corrected chi connectivity index (χ0v) is 15.0. The third-order valence-electron chi connectivity index (χ3n) is 3.13. The third-order valence-corrected chi connectivity index (χ3v) is 4.34. The van der Waals surface area contributed by atoms with Gasteiger partial charge in [0.1, 0.15) is 5.75 Å². The van der Waals surface area contributed by atoms with Crippen molar-refractivity contribution in [2.45, 2.75) is 19.6 Å². The smallest absolute Gasteiger partial charge is 0.170 e. The second kappa shape index (κ2) is 9.42. The number of H-pyrrole nitrogens is 1. The molecular weight excluding hydrogens is 328 g/mol. The number of aryl methyl sites for hydroxylation is 1. The molecule has 0 bridgehead atoms. The topological polar surface area (TPSA) is 62.0 Å². The molecule has 7 heteroatoms. The third kappa shape index (κ3) is 6.11. The van der Waals surface area contributed by atoms with Gasteiger partial charge in [-0.3, -0.25) is 0 Å². The molecule has 5 nitrogen and oxygen atoms in total. The Labute approximate surface area is 146 Å². The number of aromatic amines is 1. The Morgan fingerprint density at radius 3 is 2.78 bits per heavy atom. The average molecular weight is 351 g/mol. The Kier molecular flexibility index (Phi) is 7.22. The lowest BCUT2D eigenvalue weighted by Crippen LogP contribution is -2.30. The fourth-order valence-corrected chi connectivity index (χ4v) is 3.01. The first-order valence-electron chi connectivity index (χ1n) is 7.53.